The summed E-state index contributed by atoms with van der Waals surface area (Å²) in [6, 6.07) is -0.733. The van der Waals surface area contributed by atoms with Crippen LogP contribution in [0, 0.1) is 0 Å². The summed E-state index contributed by atoms with van der Waals surface area (Å²) in [6.07, 6.45) is 50.7. The molecule has 0 bridgehead atoms. The van der Waals surface area contributed by atoms with Gasteiger partial charge >= 0.3 is 11.9 Å². The largest absolute Gasteiger partial charge is 0.544 e. The number of nitrogens with zero attached hydrogens (tertiary/aromatic N) is 1. The van der Waals surface area contributed by atoms with E-state index in [0.29, 0.717) is 12.8 Å². The van der Waals surface area contributed by atoms with Gasteiger partial charge in [0.1, 0.15) is 12.6 Å². The van der Waals surface area contributed by atoms with Crippen LogP contribution in [0.15, 0.2) is 72.9 Å². The second-order valence-corrected chi connectivity index (χ2v) is 16.2. The minimum atomic E-state index is -1.13. The molecule has 0 heterocycles. The van der Waals surface area contributed by atoms with E-state index in [-0.39, 0.29) is 42.7 Å². The van der Waals surface area contributed by atoms with Crippen LogP contribution in [0.1, 0.15) is 174 Å². The number of carbonyl (C=O) groups is 3. The van der Waals surface area contributed by atoms with Gasteiger partial charge in [-0.2, -0.15) is 0 Å². The second kappa shape index (κ2) is 40.5. The van der Waals surface area contributed by atoms with Crippen molar-refractivity contribution in [1.29, 1.82) is 0 Å². The molecule has 58 heavy (non-hydrogen) atoms. The van der Waals surface area contributed by atoms with Crippen molar-refractivity contribution in [2.45, 2.75) is 187 Å². The number of carbonyl (C=O) groups excluding carboxylic acids is 3. The number of carboxylic acid groups (broad SMARTS) is 1. The van der Waals surface area contributed by atoms with Gasteiger partial charge in [0.2, 0.25) is 0 Å². The van der Waals surface area contributed by atoms with Crippen molar-refractivity contribution >= 4 is 17.9 Å². The topological polar surface area (TPSA) is 102 Å². The van der Waals surface area contributed by atoms with Crippen LogP contribution in [0.3, 0.4) is 0 Å². The number of ether oxygens (including phenoxy) is 3. The molecule has 0 aliphatic heterocycles. The standard InChI is InChI=1S/C50H85NO7/c1-6-8-10-12-14-16-18-20-22-23-24-25-26-27-29-30-32-34-36-38-40-48(52)57-45-46(44-56-43-42-47(50(54)55)51(3,4)5)58-49(53)41-39-37-35-33-31-28-21-19-17-15-13-11-9-7-2/h8-11,14-17,20-22,28,46-47H,6-7,12-13,18-19,23-27,29-45H2,1-5H3/b10-8+,11-9+,16-14+,17-15+,22-20+,28-21+. The number of quaternary nitrogens is 1. The molecule has 0 spiro atoms. The van der Waals surface area contributed by atoms with E-state index in [1.54, 1.807) is 21.1 Å². The van der Waals surface area contributed by atoms with E-state index in [1.165, 1.54) is 51.4 Å². The van der Waals surface area contributed by atoms with Gasteiger partial charge in [-0.15, -0.1) is 0 Å². The zero-order chi connectivity index (χ0) is 42.8. The van der Waals surface area contributed by atoms with Crippen molar-refractivity contribution in [3.8, 4) is 0 Å². The molecule has 0 rings (SSSR count). The quantitative estimate of drug-likeness (QED) is 0.0263. The molecular formula is C50H85NO7. The van der Waals surface area contributed by atoms with Crippen LogP contribution < -0.4 is 5.11 Å². The molecule has 8 heteroatoms. The molecule has 0 aromatic rings. The highest BCUT2D eigenvalue weighted by molar-refractivity contribution is 5.70. The average Bonchev–Trinajstić information content (AvgIpc) is 3.18. The van der Waals surface area contributed by atoms with Crippen LogP contribution in [0.2, 0.25) is 0 Å². The van der Waals surface area contributed by atoms with E-state index in [9.17, 15) is 19.5 Å². The van der Waals surface area contributed by atoms with Gasteiger partial charge < -0.3 is 28.6 Å². The number of likely N-dealkylation sites (N-methyl/N-ethyl adjacent to an activating group) is 1. The van der Waals surface area contributed by atoms with Crippen molar-refractivity contribution in [3.63, 3.8) is 0 Å². The molecular weight excluding hydrogens is 727 g/mol. The van der Waals surface area contributed by atoms with Crippen molar-refractivity contribution in [3.05, 3.63) is 72.9 Å². The summed E-state index contributed by atoms with van der Waals surface area (Å²) in [6.45, 7) is 4.40. The lowest BCUT2D eigenvalue weighted by Crippen LogP contribution is -2.55. The lowest BCUT2D eigenvalue weighted by molar-refractivity contribution is -0.889. The molecule has 2 atom stereocenters. The summed E-state index contributed by atoms with van der Waals surface area (Å²) in [5.41, 5.74) is 0. The number of aliphatic carboxylic acids is 1. The summed E-state index contributed by atoms with van der Waals surface area (Å²) < 4.78 is 17.2. The van der Waals surface area contributed by atoms with Gasteiger partial charge in [0.05, 0.1) is 40.3 Å². The first-order chi connectivity index (χ1) is 28.1. The number of hydrogen-bond donors (Lipinski definition) is 0. The van der Waals surface area contributed by atoms with Crippen LogP contribution in [-0.4, -0.2) is 75.5 Å². The predicted molar refractivity (Wildman–Crippen MR) is 240 cm³/mol. The molecule has 0 amide bonds. The van der Waals surface area contributed by atoms with Crippen LogP contribution in [0.25, 0.3) is 0 Å². The van der Waals surface area contributed by atoms with E-state index in [0.717, 1.165) is 89.9 Å². The highest BCUT2D eigenvalue weighted by Gasteiger charge is 2.25. The predicted octanol–water partition coefficient (Wildman–Crippen LogP) is 11.4. The first-order valence-electron chi connectivity index (χ1n) is 23.0. The molecule has 0 saturated carbocycles. The summed E-state index contributed by atoms with van der Waals surface area (Å²) in [4.78, 5) is 36.9. The van der Waals surface area contributed by atoms with Crippen LogP contribution in [0.4, 0.5) is 0 Å². The monoisotopic (exact) mass is 812 g/mol. The van der Waals surface area contributed by atoms with Crippen molar-refractivity contribution in [1.82, 2.24) is 0 Å². The molecule has 0 aromatic heterocycles. The van der Waals surface area contributed by atoms with E-state index in [4.69, 9.17) is 14.2 Å². The summed E-state index contributed by atoms with van der Waals surface area (Å²) >= 11 is 0. The zero-order valence-electron chi connectivity index (χ0n) is 37.7. The highest BCUT2D eigenvalue weighted by Crippen LogP contribution is 2.14. The maximum absolute atomic E-state index is 12.7. The average molecular weight is 812 g/mol. The molecule has 0 radical (unpaired) electrons. The lowest BCUT2D eigenvalue weighted by Gasteiger charge is -2.34. The van der Waals surface area contributed by atoms with Crippen LogP contribution in [-0.2, 0) is 28.6 Å². The zero-order valence-corrected chi connectivity index (χ0v) is 37.7. The molecule has 0 N–H and O–H groups in total. The summed E-state index contributed by atoms with van der Waals surface area (Å²) in [7, 11) is 5.39. The van der Waals surface area contributed by atoms with Crippen molar-refractivity contribution in [2.75, 3.05) is 41.0 Å². The van der Waals surface area contributed by atoms with Gasteiger partial charge in [0, 0.05) is 19.3 Å². The molecule has 0 aliphatic rings. The molecule has 2 unspecified atom stereocenters. The van der Waals surface area contributed by atoms with Crippen molar-refractivity contribution in [2.24, 2.45) is 0 Å². The molecule has 332 valence electrons. The fraction of sp³-hybridized carbons (Fsp3) is 0.700. The molecule has 0 aromatic carbocycles. The Hall–Kier alpha value is -3.23. The lowest BCUT2D eigenvalue weighted by atomic mass is 10.1. The number of hydrogen-bond acceptors (Lipinski definition) is 7. The van der Waals surface area contributed by atoms with E-state index < -0.39 is 18.1 Å². The Morgan fingerprint density at radius 1 is 0.517 bits per heavy atom. The van der Waals surface area contributed by atoms with E-state index in [1.807, 2.05) is 0 Å². The SMILES string of the molecule is CC/C=C/C/C=C/C/C=C/CCCCCCCCCCCCC(=O)OCC(COCCC(C(=O)[O-])[N+](C)(C)C)OC(=O)CCCCCC/C=C/C/C=C/C/C=C/CC. The molecule has 0 aliphatic carbocycles. The number of carboxylic acids is 1. The van der Waals surface area contributed by atoms with Crippen LogP contribution in [0.5, 0.6) is 0 Å². The maximum Gasteiger partial charge on any atom is 0.306 e. The minimum Gasteiger partial charge on any atom is -0.544 e. The third-order valence-electron chi connectivity index (χ3n) is 9.84. The third kappa shape index (κ3) is 38.3. The summed E-state index contributed by atoms with van der Waals surface area (Å²) in [5, 5.41) is 11.6. The Balaban J connectivity index is 4.32. The van der Waals surface area contributed by atoms with Gasteiger partial charge in [-0.25, -0.2) is 0 Å². The number of unbranched alkanes of at least 4 members (excludes halogenated alkanes) is 14. The maximum atomic E-state index is 12.7. The third-order valence-corrected chi connectivity index (χ3v) is 9.84. The Bertz CT molecular complexity index is 1180. The van der Waals surface area contributed by atoms with Crippen LogP contribution >= 0.6 is 0 Å². The number of allylic oxidation sites excluding steroid dienone is 12. The highest BCUT2D eigenvalue weighted by atomic mass is 16.6. The van der Waals surface area contributed by atoms with E-state index in [2.05, 4.69) is 86.8 Å². The van der Waals surface area contributed by atoms with Gasteiger partial charge in [-0.05, 0) is 77.0 Å². The first kappa shape index (κ1) is 54.8. The fourth-order valence-electron chi connectivity index (χ4n) is 6.33. The number of rotatable bonds is 40. The molecule has 0 fully saturated rings. The second-order valence-electron chi connectivity index (χ2n) is 16.2. The van der Waals surface area contributed by atoms with E-state index >= 15 is 0 Å². The van der Waals surface area contributed by atoms with Gasteiger partial charge in [-0.3, -0.25) is 9.59 Å². The van der Waals surface area contributed by atoms with Gasteiger partial charge in [0.15, 0.2) is 6.10 Å². The minimum absolute atomic E-state index is 0.0272. The first-order valence-corrected chi connectivity index (χ1v) is 23.0. The smallest absolute Gasteiger partial charge is 0.306 e. The Morgan fingerprint density at radius 2 is 0.914 bits per heavy atom. The normalized spacial score (nSPS) is 13.6. The summed E-state index contributed by atoms with van der Waals surface area (Å²) in [5.74, 6) is -1.78. The fourth-order valence-corrected chi connectivity index (χ4v) is 6.33. The number of esters is 2. The Kier molecular flexibility index (Phi) is 38.3. The Labute approximate surface area is 355 Å². The van der Waals surface area contributed by atoms with Gasteiger partial charge in [-0.1, -0.05) is 151 Å². The molecule has 0 saturated heterocycles. The Morgan fingerprint density at radius 3 is 1.34 bits per heavy atom. The molecule has 8 nitrogen and oxygen atoms in total. The van der Waals surface area contributed by atoms with Gasteiger partial charge in [0.25, 0.3) is 0 Å². The van der Waals surface area contributed by atoms with Crippen molar-refractivity contribution < 1.29 is 38.2 Å².